The third kappa shape index (κ3) is 5.99. The predicted molar refractivity (Wildman–Crippen MR) is 127 cm³/mol. The number of benzene rings is 3. The number of hydrogen-bond donors (Lipinski definition) is 1. The largest absolute Gasteiger partial charge is 0.497 e. The standard InChI is InChI=1S/C24H22N4OS2/c1-16-4-12-20(13-5-16)30-23-26-22(25-18-8-10-19(29-3)11-9-18)27-24(28-23)31-21-14-6-17(2)7-15-21/h4-15H,1-3H3,(H,25,26,27,28). The van der Waals surface area contributed by atoms with Crippen molar-refractivity contribution in [1.82, 2.24) is 15.0 Å². The van der Waals surface area contributed by atoms with Crippen molar-refractivity contribution in [3.8, 4) is 5.75 Å². The maximum absolute atomic E-state index is 5.23. The zero-order valence-corrected chi connectivity index (χ0v) is 19.1. The monoisotopic (exact) mass is 446 g/mol. The first-order chi connectivity index (χ1) is 15.1. The number of rotatable bonds is 7. The summed E-state index contributed by atoms with van der Waals surface area (Å²) in [5, 5.41) is 4.57. The maximum Gasteiger partial charge on any atom is 0.232 e. The van der Waals surface area contributed by atoms with Gasteiger partial charge in [-0.2, -0.15) is 15.0 Å². The summed E-state index contributed by atoms with van der Waals surface area (Å²) in [6.45, 7) is 4.15. The molecule has 1 aromatic heterocycles. The molecule has 4 rings (SSSR count). The van der Waals surface area contributed by atoms with Gasteiger partial charge in [0, 0.05) is 15.5 Å². The first-order valence-corrected chi connectivity index (χ1v) is 11.4. The van der Waals surface area contributed by atoms with Crippen molar-refractivity contribution in [2.24, 2.45) is 0 Å². The van der Waals surface area contributed by atoms with Crippen molar-refractivity contribution in [3.05, 3.63) is 83.9 Å². The minimum Gasteiger partial charge on any atom is -0.497 e. The summed E-state index contributed by atoms with van der Waals surface area (Å²) >= 11 is 3.04. The minimum atomic E-state index is 0.504. The van der Waals surface area contributed by atoms with E-state index in [2.05, 4.69) is 82.6 Å². The summed E-state index contributed by atoms with van der Waals surface area (Å²) in [5.74, 6) is 1.30. The van der Waals surface area contributed by atoms with Gasteiger partial charge >= 0.3 is 0 Å². The van der Waals surface area contributed by atoms with Crippen molar-refractivity contribution in [2.75, 3.05) is 12.4 Å². The lowest BCUT2D eigenvalue weighted by Gasteiger charge is -2.09. The molecule has 31 heavy (non-hydrogen) atoms. The van der Waals surface area contributed by atoms with Gasteiger partial charge in [0.15, 0.2) is 10.3 Å². The van der Waals surface area contributed by atoms with Crippen LogP contribution in [-0.4, -0.2) is 22.1 Å². The second-order valence-electron chi connectivity index (χ2n) is 6.91. The first kappa shape index (κ1) is 21.2. The van der Waals surface area contributed by atoms with Gasteiger partial charge in [-0.3, -0.25) is 0 Å². The lowest BCUT2D eigenvalue weighted by atomic mass is 10.2. The highest BCUT2D eigenvalue weighted by molar-refractivity contribution is 7.99. The van der Waals surface area contributed by atoms with Crippen molar-refractivity contribution in [2.45, 2.75) is 34.0 Å². The molecule has 0 bridgehead atoms. The molecule has 5 nitrogen and oxygen atoms in total. The molecule has 0 aliphatic heterocycles. The molecule has 156 valence electrons. The van der Waals surface area contributed by atoms with E-state index in [-0.39, 0.29) is 0 Å². The Morgan fingerprint density at radius 2 is 1.13 bits per heavy atom. The number of nitrogens with zero attached hydrogens (tertiary/aromatic N) is 3. The average Bonchev–Trinajstić information content (AvgIpc) is 2.77. The fourth-order valence-corrected chi connectivity index (χ4v) is 4.26. The number of ether oxygens (including phenoxy) is 1. The molecule has 0 saturated heterocycles. The predicted octanol–water partition coefficient (Wildman–Crippen LogP) is 6.54. The number of methoxy groups -OCH3 is 1. The number of hydrogen-bond acceptors (Lipinski definition) is 7. The maximum atomic E-state index is 5.23. The molecule has 7 heteroatoms. The van der Waals surface area contributed by atoms with Crippen LogP contribution in [0.25, 0.3) is 0 Å². The number of nitrogens with one attached hydrogen (secondary N) is 1. The van der Waals surface area contributed by atoms with E-state index in [1.54, 1.807) is 7.11 Å². The highest BCUT2D eigenvalue weighted by Crippen LogP contribution is 2.31. The zero-order chi connectivity index (χ0) is 21.6. The van der Waals surface area contributed by atoms with Gasteiger partial charge in [-0.1, -0.05) is 35.4 Å². The minimum absolute atomic E-state index is 0.504. The zero-order valence-electron chi connectivity index (χ0n) is 17.5. The Hall–Kier alpha value is -3.03. The lowest BCUT2D eigenvalue weighted by molar-refractivity contribution is 0.415. The van der Waals surface area contributed by atoms with Crippen LogP contribution in [0.3, 0.4) is 0 Å². The molecule has 0 spiro atoms. The number of aryl methyl sites for hydroxylation is 2. The second kappa shape index (κ2) is 9.85. The van der Waals surface area contributed by atoms with Crippen molar-refractivity contribution in [1.29, 1.82) is 0 Å². The van der Waals surface area contributed by atoms with Gasteiger partial charge in [0.05, 0.1) is 7.11 Å². The van der Waals surface area contributed by atoms with Gasteiger partial charge < -0.3 is 10.1 Å². The van der Waals surface area contributed by atoms with E-state index in [9.17, 15) is 0 Å². The lowest BCUT2D eigenvalue weighted by Crippen LogP contribution is -2.02. The summed E-state index contributed by atoms with van der Waals surface area (Å²) in [7, 11) is 1.65. The molecule has 0 amide bonds. The molecule has 1 N–H and O–H groups in total. The SMILES string of the molecule is COc1ccc(Nc2nc(Sc3ccc(C)cc3)nc(Sc3ccc(C)cc3)n2)cc1. The van der Waals surface area contributed by atoms with Gasteiger partial charge in [0.1, 0.15) is 5.75 Å². The van der Waals surface area contributed by atoms with Crippen LogP contribution in [0.1, 0.15) is 11.1 Å². The van der Waals surface area contributed by atoms with E-state index in [1.165, 1.54) is 34.7 Å². The van der Waals surface area contributed by atoms with Crippen LogP contribution in [-0.2, 0) is 0 Å². The van der Waals surface area contributed by atoms with Gasteiger partial charge in [-0.15, -0.1) is 0 Å². The Morgan fingerprint density at radius 1 is 0.645 bits per heavy atom. The smallest absolute Gasteiger partial charge is 0.232 e. The molecule has 0 aliphatic rings. The van der Waals surface area contributed by atoms with E-state index in [0.29, 0.717) is 16.3 Å². The van der Waals surface area contributed by atoms with Crippen molar-refractivity contribution < 1.29 is 4.74 Å². The molecule has 0 fully saturated rings. The van der Waals surface area contributed by atoms with Crippen LogP contribution in [0.5, 0.6) is 5.75 Å². The molecule has 0 saturated carbocycles. The third-order valence-electron chi connectivity index (χ3n) is 4.40. The van der Waals surface area contributed by atoms with Gasteiger partial charge in [0.25, 0.3) is 0 Å². The first-order valence-electron chi connectivity index (χ1n) is 9.73. The molecule has 0 radical (unpaired) electrons. The van der Waals surface area contributed by atoms with Gasteiger partial charge in [0.2, 0.25) is 5.95 Å². The number of aromatic nitrogens is 3. The van der Waals surface area contributed by atoms with Crippen LogP contribution < -0.4 is 10.1 Å². The van der Waals surface area contributed by atoms with E-state index in [1.807, 2.05) is 24.3 Å². The highest BCUT2D eigenvalue weighted by Gasteiger charge is 2.11. The topological polar surface area (TPSA) is 59.9 Å². The quantitative estimate of drug-likeness (QED) is 0.346. The molecule has 0 atom stereocenters. The van der Waals surface area contributed by atoms with E-state index in [0.717, 1.165) is 21.2 Å². The third-order valence-corrected chi connectivity index (χ3v) is 6.15. The highest BCUT2D eigenvalue weighted by atomic mass is 32.2. The summed E-state index contributed by atoms with van der Waals surface area (Å²) in [4.78, 5) is 16.1. The molecule has 0 unspecified atom stereocenters. The molecule has 1 heterocycles. The Bertz CT molecular complexity index is 1080. The van der Waals surface area contributed by atoms with E-state index >= 15 is 0 Å². The summed E-state index contributed by atoms with van der Waals surface area (Å²) in [5.41, 5.74) is 3.32. The van der Waals surface area contributed by atoms with Crippen LogP contribution >= 0.6 is 23.5 Å². The molecule has 3 aromatic carbocycles. The summed E-state index contributed by atoms with van der Waals surface area (Å²) in [6.07, 6.45) is 0. The van der Waals surface area contributed by atoms with E-state index in [4.69, 9.17) is 4.74 Å². The van der Waals surface area contributed by atoms with Crippen LogP contribution in [0.15, 0.2) is 92.9 Å². The van der Waals surface area contributed by atoms with Crippen molar-refractivity contribution in [3.63, 3.8) is 0 Å². The second-order valence-corrected chi connectivity index (χ2v) is 8.99. The Balaban J connectivity index is 1.62. The molecule has 0 aliphatic carbocycles. The van der Waals surface area contributed by atoms with Crippen LogP contribution in [0.4, 0.5) is 11.6 Å². The van der Waals surface area contributed by atoms with Crippen LogP contribution in [0, 0.1) is 13.8 Å². The number of anilines is 2. The fraction of sp³-hybridized carbons (Fsp3) is 0.125. The normalized spacial score (nSPS) is 10.7. The van der Waals surface area contributed by atoms with Crippen molar-refractivity contribution >= 4 is 35.2 Å². The summed E-state index contributed by atoms with van der Waals surface area (Å²) < 4.78 is 5.23. The van der Waals surface area contributed by atoms with Gasteiger partial charge in [-0.05, 0) is 85.9 Å². The van der Waals surface area contributed by atoms with E-state index < -0.39 is 0 Å². The summed E-state index contributed by atoms with van der Waals surface area (Å²) in [6, 6.07) is 24.3. The Labute approximate surface area is 190 Å². The van der Waals surface area contributed by atoms with Gasteiger partial charge in [-0.25, -0.2) is 0 Å². The Kier molecular flexibility index (Phi) is 6.74. The molecular formula is C24H22N4OS2. The fourth-order valence-electron chi connectivity index (χ4n) is 2.71. The Morgan fingerprint density at radius 3 is 1.58 bits per heavy atom. The van der Waals surface area contributed by atoms with Crippen LogP contribution in [0.2, 0.25) is 0 Å². The molecular weight excluding hydrogens is 424 g/mol. The average molecular weight is 447 g/mol. The molecule has 4 aromatic rings.